The van der Waals surface area contributed by atoms with E-state index in [0.717, 1.165) is 26.2 Å². The lowest BCUT2D eigenvalue weighted by molar-refractivity contribution is -0.136. The quantitative estimate of drug-likeness (QED) is 0.695. The van der Waals surface area contributed by atoms with Gasteiger partial charge in [-0.15, -0.1) is 6.42 Å². The lowest BCUT2D eigenvalue weighted by Gasteiger charge is -2.37. The summed E-state index contributed by atoms with van der Waals surface area (Å²) in [6, 6.07) is -0.429. The number of carbonyl (C=O) groups excluding carboxylic acids is 1. The van der Waals surface area contributed by atoms with Gasteiger partial charge in [-0.05, 0) is 5.41 Å². The highest BCUT2D eigenvalue weighted by molar-refractivity contribution is 5.82. The lowest BCUT2D eigenvalue weighted by Crippen LogP contribution is -2.56. The highest BCUT2D eigenvalue weighted by Crippen LogP contribution is 2.19. The molecular weight excluding hydrogens is 214 g/mol. The number of carbonyl (C=O) groups is 1. The summed E-state index contributed by atoms with van der Waals surface area (Å²) < 4.78 is 0. The molecule has 1 fully saturated rings. The van der Waals surface area contributed by atoms with E-state index in [0.29, 0.717) is 6.54 Å². The molecule has 1 unspecified atom stereocenters. The highest BCUT2D eigenvalue weighted by Gasteiger charge is 2.32. The van der Waals surface area contributed by atoms with E-state index in [1.54, 1.807) is 0 Å². The van der Waals surface area contributed by atoms with Gasteiger partial charge in [0, 0.05) is 26.2 Å². The van der Waals surface area contributed by atoms with E-state index in [-0.39, 0.29) is 11.3 Å². The SMILES string of the molecule is C#CCN1CCN(C(=O)C(N)C(C)(C)C)CC1. The molecule has 4 nitrogen and oxygen atoms in total. The van der Waals surface area contributed by atoms with Crippen molar-refractivity contribution in [3.8, 4) is 12.3 Å². The average molecular weight is 237 g/mol. The lowest BCUT2D eigenvalue weighted by atomic mass is 9.86. The van der Waals surface area contributed by atoms with Gasteiger partial charge in [-0.2, -0.15) is 0 Å². The highest BCUT2D eigenvalue weighted by atomic mass is 16.2. The van der Waals surface area contributed by atoms with E-state index in [4.69, 9.17) is 12.2 Å². The molecule has 0 aromatic heterocycles. The Morgan fingerprint density at radius 1 is 1.35 bits per heavy atom. The minimum Gasteiger partial charge on any atom is -0.339 e. The number of nitrogens with zero attached hydrogens (tertiary/aromatic N) is 2. The van der Waals surface area contributed by atoms with Crippen LogP contribution in [0.4, 0.5) is 0 Å². The zero-order valence-corrected chi connectivity index (χ0v) is 11.1. The number of nitrogens with two attached hydrogens (primary N) is 1. The van der Waals surface area contributed by atoms with Crippen LogP contribution in [0.2, 0.25) is 0 Å². The third-order valence-electron chi connectivity index (χ3n) is 3.20. The normalized spacial score (nSPS) is 19.8. The van der Waals surface area contributed by atoms with Crippen LogP contribution in [0.3, 0.4) is 0 Å². The summed E-state index contributed by atoms with van der Waals surface area (Å²) in [4.78, 5) is 16.2. The van der Waals surface area contributed by atoms with Gasteiger partial charge in [-0.3, -0.25) is 9.69 Å². The first-order chi connectivity index (χ1) is 7.86. The van der Waals surface area contributed by atoms with Gasteiger partial charge < -0.3 is 10.6 Å². The molecule has 96 valence electrons. The Morgan fingerprint density at radius 3 is 2.29 bits per heavy atom. The van der Waals surface area contributed by atoms with Gasteiger partial charge in [0.25, 0.3) is 0 Å². The minimum atomic E-state index is -0.429. The number of hydrogen-bond acceptors (Lipinski definition) is 3. The summed E-state index contributed by atoms with van der Waals surface area (Å²) in [7, 11) is 0. The molecule has 0 radical (unpaired) electrons. The maximum atomic E-state index is 12.2. The van der Waals surface area contributed by atoms with Crippen molar-refractivity contribution >= 4 is 5.91 Å². The van der Waals surface area contributed by atoms with Crippen molar-refractivity contribution in [1.82, 2.24) is 9.80 Å². The van der Waals surface area contributed by atoms with Crippen molar-refractivity contribution in [2.45, 2.75) is 26.8 Å². The molecule has 2 N–H and O–H groups in total. The Balaban J connectivity index is 2.49. The molecule has 4 heteroatoms. The first-order valence-electron chi connectivity index (χ1n) is 6.06. The van der Waals surface area contributed by atoms with Crippen LogP contribution in [0.1, 0.15) is 20.8 Å². The van der Waals surface area contributed by atoms with Crippen LogP contribution in [0.15, 0.2) is 0 Å². The van der Waals surface area contributed by atoms with Gasteiger partial charge in [0.15, 0.2) is 0 Å². The molecule has 1 saturated heterocycles. The summed E-state index contributed by atoms with van der Waals surface area (Å²) in [5.41, 5.74) is 5.79. The van der Waals surface area contributed by atoms with Gasteiger partial charge in [0.2, 0.25) is 5.91 Å². The number of terminal acetylenes is 1. The van der Waals surface area contributed by atoms with E-state index in [1.165, 1.54) is 0 Å². The van der Waals surface area contributed by atoms with Crippen LogP contribution in [0, 0.1) is 17.8 Å². The molecule has 0 aromatic carbocycles. The van der Waals surface area contributed by atoms with Crippen molar-refractivity contribution < 1.29 is 4.79 Å². The molecular formula is C13H23N3O. The van der Waals surface area contributed by atoms with Gasteiger partial charge in [0.05, 0.1) is 12.6 Å². The third-order valence-corrected chi connectivity index (χ3v) is 3.20. The maximum Gasteiger partial charge on any atom is 0.240 e. The van der Waals surface area contributed by atoms with Gasteiger partial charge >= 0.3 is 0 Å². The fourth-order valence-electron chi connectivity index (χ4n) is 1.82. The summed E-state index contributed by atoms with van der Waals surface area (Å²) in [5.74, 6) is 2.68. The first kappa shape index (κ1) is 14.0. The Bertz CT molecular complexity index is 306. The Labute approximate surface area is 104 Å². The van der Waals surface area contributed by atoms with Crippen molar-refractivity contribution in [2.75, 3.05) is 32.7 Å². The van der Waals surface area contributed by atoms with Crippen LogP contribution in [0.25, 0.3) is 0 Å². The number of rotatable bonds is 2. The second-order valence-corrected chi connectivity index (χ2v) is 5.65. The van der Waals surface area contributed by atoms with Crippen LogP contribution >= 0.6 is 0 Å². The Kier molecular flexibility index (Phi) is 4.55. The molecule has 1 heterocycles. The maximum absolute atomic E-state index is 12.2. The summed E-state index contributed by atoms with van der Waals surface area (Å²) >= 11 is 0. The monoisotopic (exact) mass is 237 g/mol. The second-order valence-electron chi connectivity index (χ2n) is 5.65. The summed E-state index contributed by atoms with van der Waals surface area (Å²) in [6.45, 7) is 9.76. The zero-order valence-electron chi connectivity index (χ0n) is 11.1. The molecule has 0 spiro atoms. The van der Waals surface area contributed by atoms with Gasteiger partial charge in [-0.25, -0.2) is 0 Å². The number of piperazine rings is 1. The van der Waals surface area contributed by atoms with Crippen molar-refractivity contribution in [3.05, 3.63) is 0 Å². The molecule has 0 aromatic rings. The van der Waals surface area contributed by atoms with Crippen LogP contribution in [-0.4, -0.2) is 54.5 Å². The summed E-state index contributed by atoms with van der Waals surface area (Å²) in [6.07, 6.45) is 5.27. The third kappa shape index (κ3) is 3.72. The van der Waals surface area contributed by atoms with Crippen molar-refractivity contribution in [2.24, 2.45) is 11.1 Å². The molecule has 0 saturated carbocycles. The van der Waals surface area contributed by atoms with Crippen LogP contribution in [0.5, 0.6) is 0 Å². The topological polar surface area (TPSA) is 49.6 Å². The van der Waals surface area contributed by atoms with Crippen molar-refractivity contribution in [3.63, 3.8) is 0 Å². The largest absolute Gasteiger partial charge is 0.339 e. The first-order valence-corrected chi connectivity index (χ1v) is 6.06. The van der Waals surface area contributed by atoms with Gasteiger partial charge in [-0.1, -0.05) is 26.7 Å². The summed E-state index contributed by atoms with van der Waals surface area (Å²) in [5, 5.41) is 0. The Hall–Kier alpha value is -1.05. The predicted octanol–water partition coefficient (Wildman–Crippen LogP) is 0.137. The molecule has 1 rings (SSSR count). The standard InChI is InChI=1S/C13H23N3O/c1-5-6-15-7-9-16(10-8-15)12(17)11(14)13(2,3)4/h1,11H,6-10,14H2,2-4H3. The zero-order chi connectivity index (χ0) is 13.1. The molecule has 1 atom stereocenters. The number of hydrogen-bond donors (Lipinski definition) is 1. The second kappa shape index (κ2) is 5.52. The van der Waals surface area contributed by atoms with Gasteiger partial charge in [0.1, 0.15) is 0 Å². The molecule has 1 amide bonds. The minimum absolute atomic E-state index is 0.0536. The van der Waals surface area contributed by atoms with Crippen LogP contribution < -0.4 is 5.73 Å². The smallest absolute Gasteiger partial charge is 0.240 e. The fraction of sp³-hybridized carbons (Fsp3) is 0.769. The van der Waals surface area contributed by atoms with E-state index < -0.39 is 6.04 Å². The molecule has 1 aliphatic heterocycles. The average Bonchev–Trinajstić information content (AvgIpc) is 2.27. The van der Waals surface area contributed by atoms with E-state index in [1.807, 2.05) is 25.7 Å². The fourth-order valence-corrected chi connectivity index (χ4v) is 1.82. The molecule has 0 aliphatic carbocycles. The Morgan fingerprint density at radius 2 is 1.88 bits per heavy atom. The predicted molar refractivity (Wildman–Crippen MR) is 69.3 cm³/mol. The molecule has 0 bridgehead atoms. The molecule has 1 aliphatic rings. The van der Waals surface area contributed by atoms with E-state index >= 15 is 0 Å². The van der Waals surface area contributed by atoms with Crippen LogP contribution in [-0.2, 0) is 4.79 Å². The van der Waals surface area contributed by atoms with E-state index in [2.05, 4.69) is 10.8 Å². The molecule has 17 heavy (non-hydrogen) atoms. The van der Waals surface area contributed by atoms with Crippen molar-refractivity contribution in [1.29, 1.82) is 0 Å². The van der Waals surface area contributed by atoms with E-state index in [9.17, 15) is 4.79 Å². The number of amides is 1.